The van der Waals surface area contributed by atoms with Crippen LogP contribution in [0.3, 0.4) is 0 Å². The summed E-state index contributed by atoms with van der Waals surface area (Å²) in [4.78, 5) is 0. The fourth-order valence-corrected chi connectivity index (χ4v) is 1.95. The average molecular weight is 209 g/mol. The minimum absolute atomic E-state index is 0.517. The zero-order valence-electron chi connectivity index (χ0n) is 9.64. The Hall–Kier alpha value is -1.56. The Morgan fingerprint density at radius 1 is 0.875 bits per heavy atom. The summed E-state index contributed by atoms with van der Waals surface area (Å²) < 4.78 is 0. The highest BCUT2D eigenvalue weighted by molar-refractivity contribution is 5.31. The second-order valence-corrected chi connectivity index (χ2v) is 4.00. The van der Waals surface area contributed by atoms with Crippen LogP contribution in [0.4, 0.5) is 0 Å². The van der Waals surface area contributed by atoms with Crippen LogP contribution in [0.25, 0.3) is 0 Å². The molecule has 1 unspecified atom stereocenters. The molecule has 0 aliphatic rings. The smallest absolute Gasteiger partial charge is 0.00185 e. The van der Waals surface area contributed by atoms with Crippen molar-refractivity contribution < 1.29 is 0 Å². The van der Waals surface area contributed by atoms with Crippen molar-refractivity contribution in [2.24, 2.45) is 0 Å². The van der Waals surface area contributed by atoms with Gasteiger partial charge in [0.15, 0.2) is 0 Å². The van der Waals surface area contributed by atoms with Crippen molar-refractivity contribution in [3.05, 3.63) is 78.2 Å². The number of benzene rings is 2. The summed E-state index contributed by atoms with van der Waals surface area (Å²) in [5.74, 6) is 0.517. The van der Waals surface area contributed by atoms with Crippen LogP contribution in [-0.4, -0.2) is 0 Å². The van der Waals surface area contributed by atoms with Crippen LogP contribution in [0.2, 0.25) is 0 Å². The first-order valence-corrected chi connectivity index (χ1v) is 5.85. The number of rotatable bonds is 4. The van der Waals surface area contributed by atoms with Crippen LogP contribution in [-0.2, 0) is 0 Å². The van der Waals surface area contributed by atoms with E-state index in [0.29, 0.717) is 5.92 Å². The predicted molar refractivity (Wildman–Crippen MR) is 69.3 cm³/mol. The molecule has 0 heteroatoms. The molecule has 1 radical (unpaired) electrons. The average Bonchev–Trinajstić information content (AvgIpc) is 2.38. The maximum atomic E-state index is 2.34. The molecule has 2 aromatic rings. The van der Waals surface area contributed by atoms with Crippen LogP contribution in [0, 0.1) is 6.42 Å². The van der Waals surface area contributed by atoms with Crippen molar-refractivity contribution in [3.8, 4) is 0 Å². The summed E-state index contributed by atoms with van der Waals surface area (Å²) in [5, 5.41) is 0. The van der Waals surface area contributed by atoms with Crippen LogP contribution in [0.5, 0.6) is 0 Å². The molecule has 0 saturated heterocycles. The van der Waals surface area contributed by atoms with Gasteiger partial charge in [0.2, 0.25) is 0 Å². The summed E-state index contributed by atoms with van der Waals surface area (Å²) in [7, 11) is 0. The summed E-state index contributed by atoms with van der Waals surface area (Å²) in [6.45, 7) is 2.23. The summed E-state index contributed by atoms with van der Waals surface area (Å²) in [6, 6.07) is 21.2. The molecule has 0 saturated carbocycles. The quantitative estimate of drug-likeness (QED) is 0.698. The summed E-state index contributed by atoms with van der Waals surface area (Å²) in [5.41, 5.74) is 2.70. The molecule has 81 valence electrons. The zero-order valence-corrected chi connectivity index (χ0v) is 9.64. The Kier molecular flexibility index (Phi) is 3.76. The number of hydrogen-bond donors (Lipinski definition) is 0. The fourth-order valence-electron chi connectivity index (χ4n) is 1.95. The molecule has 2 rings (SSSR count). The Morgan fingerprint density at radius 2 is 1.44 bits per heavy atom. The second-order valence-electron chi connectivity index (χ2n) is 4.00. The van der Waals surface area contributed by atoms with Gasteiger partial charge in [-0.3, -0.25) is 0 Å². The molecular formula is C16H17. The monoisotopic (exact) mass is 209 g/mol. The highest BCUT2D eigenvalue weighted by Gasteiger charge is 2.09. The Labute approximate surface area is 97.9 Å². The standard InChI is InChI=1S/C16H17/c1-2-15(16-11-7-4-8-12-16)13-14-9-5-3-6-10-14/h3-13,15H,2H2,1H3. The van der Waals surface area contributed by atoms with Crippen molar-refractivity contribution in [2.75, 3.05) is 0 Å². The highest BCUT2D eigenvalue weighted by atomic mass is 14.1. The van der Waals surface area contributed by atoms with E-state index in [2.05, 4.69) is 74.0 Å². The lowest BCUT2D eigenvalue weighted by atomic mass is 9.90. The molecule has 0 N–H and O–H groups in total. The van der Waals surface area contributed by atoms with E-state index in [4.69, 9.17) is 0 Å². The van der Waals surface area contributed by atoms with Gasteiger partial charge in [-0.05, 0) is 29.9 Å². The van der Waals surface area contributed by atoms with Gasteiger partial charge in [0.25, 0.3) is 0 Å². The van der Waals surface area contributed by atoms with Crippen LogP contribution < -0.4 is 0 Å². The van der Waals surface area contributed by atoms with E-state index < -0.39 is 0 Å². The Balaban J connectivity index is 2.13. The molecular weight excluding hydrogens is 192 g/mol. The molecule has 0 spiro atoms. The number of hydrogen-bond acceptors (Lipinski definition) is 0. The zero-order chi connectivity index (χ0) is 11.2. The van der Waals surface area contributed by atoms with E-state index in [-0.39, 0.29) is 0 Å². The van der Waals surface area contributed by atoms with Gasteiger partial charge in [-0.1, -0.05) is 67.6 Å². The third-order valence-electron chi connectivity index (χ3n) is 2.86. The van der Waals surface area contributed by atoms with Gasteiger partial charge in [0, 0.05) is 0 Å². The summed E-state index contributed by atoms with van der Waals surface area (Å²) >= 11 is 0. The third kappa shape index (κ3) is 2.73. The molecule has 0 aliphatic heterocycles. The lowest BCUT2D eigenvalue weighted by Gasteiger charge is -2.14. The van der Waals surface area contributed by atoms with Gasteiger partial charge in [-0.25, -0.2) is 0 Å². The maximum Gasteiger partial charge on any atom is -0.00185 e. The highest BCUT2D eigenvalue weighted by Crippen LogP contribution is 2.25. The minimum atomic E-state index is 0.517. The molecule has 0 nitrogen and oxygen atoms in total. The van der Waals surface area contributed by atoms with Crippen LogP contribution in [0.1, 0.15) is 30.4 Å². The molecule has 0 bridgehead atoms. The van der Waals surface area contributed by atoms with Gasteiger partial charge in [0.1, 0.15) is 0 Å². The summed E-state index contributed by atoms with van der Waals surface area (Å²) in [6.07, 6.45) is 3.48. The van der Waals surface area contributed by atoms with E-state index in [1.54, 1.807) is 0 Å². The van der Waals surface area contributed by atoms with Gasteiger partial charge in [-0.15, -0.1) is 0 Å². The van der Waals surface area contributed by atoms with Gasteiger partial charge < -0.3 is 0 Å². The molecule has 0 heterocycles. The van der Waals surface area contributed by atoms with Crippen molar-refractivity contribution >= 4 is 0 Å². The molecule has 0 aliphatic carbocycles. The minimum Gasteiger partial charge on any atom is -0.0648 e. The Morgan fingerprint density at radius 3 is 2.00 bits per heavy atom. The van der Waals surface area contributed by atoms with E-state index >= 15 is 0 Å². The largest absolute Gasteiger partial charge is 0.0648 e. The molecule has 2 aromatic carbocycles. The lowest BCUT2D eigenvalue weighted by Crippen LogP contribution is -1.98. The lowest BCUT2D eigenvalue weighted by molar-refractivity contribution is 0.765. The third-order valence-corrected chi connectivity index (χ3v) is 2.86. The van der Waals surface area contributed by atoms with Gasteiger partial charge in [-0.2, -0.15) is 0 Å². The molecule has 0 aromatic heterocycles. The SMILES string of the molecule is CCC([CH]c1ccccc1)c1ccccc1. The second kappa shape index (κ2) is 5.50. The normalized spacial score (nSPS) is 12.3. The van der Waals surface area contributed by atoms with Crippen molar-refractivity contribution in [2.45, 2.75) is 19.3 Å². The van der Waals surface area contributed by atoms with Crippen molar-refractivity contribution in [1.29, 1.82) is 0 Å². The topological polar surface area (TPSA) is 0 Å². The Bertz CT molecular complexity index is 403. The van der Waals surface area contributed by atoms with Gasteiger partial charge >= 0.3 is 0 Å². The van der Waals surface area contributed by atoms with Gasteiger partial charge in [0.05, 0.1) is 0 Å². The van der Waals surface area contributed by atoms with Crippen LogP contribution >= 0.6 is 0 Å². The molecule has 16 heavy (non-hydrogen) atoms. The first kappa shape index (κ1) is 10.9. The van der Waals surface area contributed by atoms with E-state index in [0.717, 1.165) is 6.42 Å². The van der Waals surface area contributed by atoms with Crippen molar-refractivity contribution in [3.63, 3.8) is 0 Å². The predicted octanol–water partition coefficient (Wildman–Crippen LogP) is 4.43. The first-order chi connectivity index (χ1) is 7.90. The van der Waals surface area contributed by atoms with E-state index in [9.17, 15) is 0 Å². The van der Waals surface area contributed by atoms with Crippen molar-refractivity contribution in [1.82, 2.24) is 0 Å². The molecule has 0 amide bonds. The fraction of sp³-hybridized carbons (Fsp3) is 0.188. The van der Waals surface area contributed by atoms with E-state index in [1.165, 1.54) is 11.1 Å². The first-order valence-electron chi connectivity index (χ1n) is 5.85. The maximum absolute atomic E-state index is 2.34. The van der Waals surface area contributed by atoms with Crippen LogP contribution in [0.15, 0.2) is 60.7 Å². The molecule has 0 fully saturated rings. The molecule has 1 atom stereocenters. The van der Waals surface area contributed by atoms with E-state index in [1.807, 2.05) is 0 Å².